The maximum absolute atomic E-state index is 12.4. The average molecular weight is 314 g/mol. The summed E-state index contributed by atoms with van der Waals surface area (Å²) in [7, 11) is 0. The predicted octanol–water partition coefficient (Wildman–Crippen LogP) is 2.17. The lowest BCUT2D eigenvalue weighted by atomic mass is 10.2. The first-order valence-electron chi connectivity index (χ1n) is 7.39. The summed E-state index contributed by atoms with van der Waals surface area (Å²) >= 11 is 0. The molecule has 1 N–H and O–H groups in total. The van der Waals surface area contributed by atoms with Crippen LogP contribution in [0.3, 0.4) is 0 Å². The number of hydrogen-bond acceptors (Lipinski definition) is 4. The molecule has 0 unspecified atom stereocenters. The number of hydrogen-bond donors (Lipinski definition) is 1. The van der Waals surface area contributed by atoms with Crippen LogP contribution in [0.5, 0.6) is 0 Å². The Balaban J connectivity index is 1.60. The minimum atomic E-state index is -0.294. The van der Waals surface area contributed by atoms with Gasteiger partial charge in [-0.1, -0.05) is 22.9 Å². The van der Waals surface area contributed by atoms with Crippen molar-refractivity contribution in [3.8, 4) is 0 Å². The highest BCUT2D eigenvalue weighted by Crippen LogP contribution is 2.20. The van der Waals surface area contributed by atoms with Gasteiger partial charge in [0.15, 0.2) is 5.82 Å². The molecule has 7 nitrogen and oxygen atoms in total. The van der Waals surface area contributed by atoms with E-state index in [1.165, 1.54) is 4.90 Å². The Bertz CT molecular complexity index is 723. The lowest BCUT2D eigenvalue weighted by molar-refractivity contribution is -0.116. The fourth-order valence-electron chi connectivity index (χ4n) is 2.47. The highest BCUT2D eigenvalue weighted by Gasteiger charge is 2.30. The molecule has 1 aromatic heterocycles. The number of anilines is 2. The summed E-state index contributed by atoms with van der Waals surface area (Å²) in [5, 5.41) is 6.32. The monoisotopic (exact) mass is 314 g/mol. The van der Waals surface area contributed by atoms with Crippen LogP contribution in [0.15, 0.2) is 34.9 Å². The van der Waals surface area contributed by atoms with Crippen molar-refractivity contribution in [3.05, 3.63) is 41.7 Å². The van der Waals surface area contributed by atoms with Crippen LogP contribution in [-0.2, 0) is 4.79 Å². The topological polar surface area (TPSA) is 78.7 Å². The summed E-state index contributed by atoms with van der Waals surface area (Å²) in [6, 6.07) is 9.21. The van der Waals surface area contributed by atoms with E-state index in [0.29, 0.717) is 24.7 Å². The molecule has 1 aromatic carbocycles. The molecule has 0 aliphatic carbocycles. The number of nitrogens with one attached hydrogen (secondary N) is 1. The molecule has 2 aromatic rings. The molecule has 1 saturated heterocycles. The molecule has 0 bridgehead atoms. The summed E-state index contributed by atoms with van der Waals surface area (Å²) in [5.41, 5.74) is 1.98. The Morgan fingerprint density at radius 2 is 2.00 bits per heavy atom. The molecule has 7 heteroatoms. The molecular formula is C16H18N4O3. The molecule has 1 aliphatic heterocycles. The van der Waals surface area contributed by atoms with Crippen LogP contribution in [0.1, 0.15) is 11.3 Å². The summed E-state index contributed by atoms with van der Waals surface area (Å²) in [6.07, 6.45) is 0. The van der Waals surface area contributed by atoms with E-state index in [0.717, 1.165) is 11.3 Å². The SMILES string of the molecule is Cc1ccc(N2CCN(CC(=O)Nc3cc(C)on3)C2=O)cc1. The molecule has 23 heavy (non-hydrogen) atoms. The van der Waals surface area contributed by atoms with Gasteiger partial charge in [0, 0.05) is 24.8 Å². The van der Waals surface area contributed by atoms with Crippen molar-refractivity contribution in [1.29, 1.82) is 0 Å². The van der Waals surface area contributed by atoms with Crippen LogP contribution in [0.2, 0.25) is 0 Å². The quantitative estimate of drug-likeness (QED) is 0.938. The molecule has 0 spiro atoms. The second kappa shape index (κ2) is 6.12. The van der Waals surface area contributed by atoms with Gasteiger partial charge in [-0.15, -0.1) is 0 Å². The van der Waals surface area contributed by atoms with E-state index in [2.05, 4.69) is 10.5 Å². The van der Waals surface area contributed by atoms with Gasteiger partial charge in [-0.2, -0.15) is 0 Å². The Hall–Kier alpha value is -2.83. The van der Waals surface area contributed by atoms with Crippen molar-refractivity contribution < 1.29 is 14.1 Å². The minimum Gasteiger partial charge on any atom is -0.360 e. The highest BCUT2D eigenvalue weighted by molar-refractivity contribution is 5.99. The standard InChI is InChI=1S/C16H18N4O3/c1-11-3-5-13(6-4-11)20-8-7-19(16(20)22)10-15(21)17-14-9-12(2)23-18-14/h3-6,9H,7-8,10H2,1-2H3,(H,17,18,21). The third kappa shape index (κ3) is 3.33. The second-order valence-corrected chi connectivity index (χ2v) is 5.56. The zero-order valence-corrected chi connectivity index (χ0v) is 13.1. The molecule has 120 valence electrons. The van der Waals surface area contributed by atoms with Gasteiger partial charge in [0.05, 0.1) is 0 Å². The van der Waals surface area contributed by atoms with Crippen LogP contribution in [0.25, 0.3) is 0 Å². The van der Waals surface area contributed by atoms with Gasteiger partial charge in [0.25, 0.3) is 0 Å². The number of urea groups is 1. The normalized spacial score (nSPS) is 14.4. The molecule has 3 amide bonds. The average Bonchev–Trinajstić information content (AvgIpc) is 3.07. The summed E-state index contributed by atoms with van der Waals surface area (Å²) in [6.45, 7) is 4.81. The maximum Gasteiger partial charge on any atom is 0.325 e. The first-order valence-corrected chi connectivity index (χ1v) is 7.39. The summed E-state index contributed by atoms with van der Waals surface area (Å²) in [4.78, 5) is 27.6. The molecular weight excluding hydrogens is 296 g/mol. The van der Waals surface area contributed by atoms with Crippen molar-refractivity contribution >= 4 is 23.4 Å². The summed E-state index contributed by atoms with van der Waals surface area (Å²) < 4.78 is 4.89. The molecule has 0 radical (unpaired) electrons. The van der Waals surface area contributed by atoms with Gasteiger partial charge in [-0.3, -0.25) is 9.69 Å². The fourth-order valence-corrected chi connectivity index (χ4v) is 2.47. The zero-order chi connectivity index (χ0) is 16.4. The van der Waals surface area contributed by atoms with Crippen LogP contribution in [-0.4, -0.2) is 41.6 Å². The first kappa shape index (κ1) is 15.1. The number of rotatable bonds is 4. The van der Waals surface area contributed by atoms with Crippen LogP contribution < -0.4 is 10.2 Å². The molecule has 2 heterocycles. The lowest BCUT2D eigenvalue weighted by Crippen LogP contribution is -2.37. The second-order valence-electron chi connectivity index (χ2n) is 5.56. The smallest absolute Gasteiger partial charge is 0.325 e. The van der Waals surface area contributed by atoms with E-state index in [4.69, 9.17) is 4.52 Å². The van der Waals surface area contributed by atoms with Crippen LogP contribution in [0, 0.1) is 13.8 Å². The Morgan fingerprint density at radius 3 is 2.65 bits per heavy atom. The van der Waals surface area contributed by atoms with E-state index in [1.54, 1.807) is 17.9 Å². The Labute approximate surface area is 133 Å². The Kier molecular flexibility index (Phi) is 4.01. The van der Waals surface area contributed by atoms with Gasteiger partial charge >= 0.3 is 6.03 Å². The van der Waals surface area contributed by atoms with Crippen LogP contribution in [0.4, 0.5) is 16.3 Å². The van der Waals surface area contributed by atoms with E-state index in [-0.39, 0.29) is 18.5 Å². The van der Waals surface area contributed by atoms with Crippen LogP contribution >= 0.6 is 0 Å². The number of aryl methyl sites for hydroxylation is 2. The van der Waals surface area contributed by atoms with Crippen molar-refractivity contribution in [2.45, 2.75) is 13.8 Å². The van der Waals surface area contributed by atoms with Crippen molar-refractivity contribution in [2.24, 2.45) is 0 Å². The van der Waals surface area contributed by atoms with Crippen molar-refractivity contribution in [1.82, 2.24) is 10.1 Å². The van der Waals surface area contributed by atoms with Gasteiger partial charge in [0.2, 0.25) is 5.91 Å². The number of benzene rings is 1. The van der Waals surface area contributed by atoms with Gasteiger partial charge in [-0.25, -0.2) is 4.79 Å². The largest absolute Gasteiger partial charge is 0.360 e. The number of aromatic nitrogens is 1. The van der Waals surface area contributed by atoms with Crippen molar-refractivity contribution in [2.75, 3.05) is 29.9 Å². The number of carbonyl (C=O) groups is 2. The lowest BCUT2D eigenvalue weighted by Gasteiger charge is -2.18. The maximum atomic E-state index is 12.4. The number of amides is 3. The first-order chi connectivity index (χ1) is 11.0. The highest BCUT2D eigenvalue weighted by atomic mass is 16.5. The van der Waals surface area contributed by atoms with Gasteiger partial charge in [0.1, 0.15) is 12.3 Å². The molecule has 3 rings (SSSR count). The number of carbonyl (C=O) groups excluding carboxylic acids is 2. The molecule has 0 saturated carbocycles. The molecule has 0 atom stereocenters. The van der Waals surface area contributed by atoms with Gasteiger partial charge < -0.3 is 14.7 Å². The van der Waals surface area contributed by atoms with E-state index >= 15 is 0 Å². The van der Waals surface area contributed by atoms with Crippen molar-refractivity contribution in [3.63, 3.8) is 0 Å². The van der Waals surface area contributed by atoms with E-state index < -0.39 is 0 Å². The summed E-state index contributed by atoms with van der Waals surface area (Å²) in [5.74, 6) is 0.676. The predicted molar refractivity (Wildman–Crippen MR) is 85.4 cm³/mol. The van der Waals surface area contributed by atoms with E-state index in [9.17, 15) is 9.59 Å². The fraction of sp³-hybridized carbons (Fsp3) is 0.312. The van der Waals surface area contributed by atoms with E-state index in [1.807, 2.05) is 31.2 Å². The Morgan fingerprint density at radius 1 is 1.26 bits per heavy atom. The van der Waals surface area contributed by atoms with Gasteiger partial charge in [-0.05, 0) is 26.0 Å². The minimum absolute atomic E-state index is 0.00684. The third-order valence-electron chi connectivity index (χ3n) is 3.67. The number of nitrogens with zero attached hydrogens (tertiary/aromatic N) is 3. The molecule has 1 aliphatic rings. The molecule has 1 fully saturated rings. The zero-order valence-electron chi connectivity index (χ0n) is 13.1. The third-order valence-corrected chi connectivity index (χ3v) is 3.67.